The number of esters is 1. The number of nitrogens with one attached hydrogen (secondary N) is 4. The van der Waals surface area contributed by atoms with Gasteiger partial charge in [0, 0.05) is 71.2 Å². The van der Waals surface area contributed by atoms with E-state index < -0.39 is 61.2 Å². The number of carbonyl (C=O) groups is 8. The topological polar surface area (TPSA) is 292 Å². The number of carbonyl (C=O) groups excluding carboxylic acids is 8. The Morgan fingerprint density at radius 1 is 0.796 bits per heavy atom. The summed E-state index contributed by atoms with van der Waals surface area (Å²) in [5.41, 5.74) is 0.670. The van der Waals surface area contributed by atoms with Crippen molar-refractivity contribution in [2.24, 2.45) is 40.9 Å². The SMILES string of the molecule is C=CC.CC.CC(C)CO.CCC.CCC.CCC(C)C(C(C)CC(=O)N1CCCC1C(C)C(C)C(=O)NC(C)C(O)c1ccccc1)N(C)C=O.CCNC(=O)C(C(C)C)N(C)C(=O)OC(=O)CNC(=O)CCNC(=O)OCC(OC(C)C)OC(CO)CC(C)(C)C. The van der Waals surface area contributed by atoms with Gasteiger partial charge in [-0.1, -0.05) is 180 Å². The average Bonchev–Trinajstić information content (AvgIpc) is 1.78. The van der Waals surface area contributed by atoms with E-state index in [1.807, 2.05) is 111 Å². The standard InChI is InChI=1S/C29H47N3O4.C27H50N4O10.C4H10O.2C3H8.C3H6.C2H6/c1-8-19(2)27(31(7)18-33)20(3)17-26(34)32-16-12-15-25(32)21(4)22(5)29(36)30-23(6)28(35)24-13-10-9-11-14-24;1-10-28-24(35)23(17(2)3)31(9)26(37)41-21(34)14-30-20(33)11-12-29-25(36)38-16-22(39-18(4)5)40-19(15-32)13-27(6,7)8;1-4(2)3-5;3*1-3-2;1-2/h9-11,13-14,18-23,25,27-28,35H,8,12,15-17H2,1-7H3,(H,30,36);17-19,22-23,32H,10-16H2,1-9H3,(H,28,35)(H,29,36)(H,30,33);4-5H,3H2,1-2H3;2*3H2,1-2H3;3H,1H2,2H3;1-2H3. The van der Waals surface area contributed by atoms with Gasteiger partial charge in [0.25, 0.3) is 0 Å². The molecule has 1 aromatic rings. The van der Waals surface area contributed by atoms with E-state index in [4.69, 9.17) is 24.1 Å². The summed E-state index contributed by atoms with van der Waals surface area (Å²) in [6, 6.07) is 8.07. The molecule has 11 unspecified atom stereocenters. The summed E-state index contributed by atoms with van der Waals surface area (Å²) >= 11 is 0. The molecule has 11 atom stereocenters. The summed E-state index contributed by atoms with van der Waals surface area (Å²) in [5, 5.41) is 38.7. The fraction of sp³-hybridized carbons (Fsp3) is 0.775. The van der Waals surface area contributed by atoms with Crippen LogP contribution in [0.1, 0.15) is 222 Å². The van der Waals surface area contributed by atoms with E-state index in [1.54, 1.807) is 52.6 Å². The molecule has 0 bridgehead atoms. The first-order chi connectivity index (χ1) is 43.5. The number of hydrogen-bond acceptors (Lipinski definition) is 15. The third-order valence-electron chi connectivity index (χ3n) is 14.1. The predicted octanol–water partition coefficient (Wildman–Crippen LogP) is 11.2. The van der Waals surface area contributed by atoms with Crippen molar-refractivity contribution in [3.8, 4) is 0 Å². The average molecular weight is 1330 g/mol. The number of hydrogen-bond donors (Lipinski definition) is 7. The zero-order valence-electron chi connectivity index (χ0n) is 62.5. The smallest absolute Gasteiger partial charge is 0.418 e. The van der Waals surface area contributed by atoms with E-state index in [0.717, 1.165) is 36.1 Å². The van der Waals surface area contributed by atoms with Gasteiger partial charge in [0.05, 0.1) is 31.0 Å². The van der Waals surface area contributed by atoms with Crippen molar-refractivity contribution in [3.63, 3.8) is 0 Å². The second-order valence-electron chi connectivity index (χ2n) is 25.6. The van der Waals surface area contributed by atoms with Crippen molar-refractivity contribution in [2.45, 2.75) is 259 Å². The maximum absolute atomic E-state index is 13.4. The van der Waals surface area contributed by atoms with Gasteiger partial charge in [-0.05, 0) is 94.4 Å². The summed E-state index contributed by atoms with van der Waals surface area (Å²) in [5.74, 6) is -1.75. The molecular weight excluding hydrogens is 1190 g/mol. The third-order valence-corrected chi connectivity index (χ3v) is 14.1. The highest BCUT2D eigenvalue weighted by Gasteiger charge is 2.39. The summed E-state index contributed by atoms with van der Waals surface area (Å²) < 4.78 is 21.3. The molecule has 7 N–H and O–H groups in total. The summed E-state index contributed by atoms with van der Waals surface area (Å²) in [6.45, 7) is 48.9. The molecule has 0 saturated carbocycles. The highest BCUT2D eigenvalue weighted by atomic mass is 16.7. The summed E-state index contributed by atoms with van der Waals surface area (Å²) in [4.78, 5) is 103. The molecule has 1 fully saturated rings. The van der Waals surface area contributed by atoms with Crippen LogP contribution in [-0.2, 0) is 47.7 Å². The lowest BCUT2D eigenvalue weighted by atomic mass is 9.84. The Morgan fingerprint density at radius 2 is 1.33 bits per heavy atom. The van der Waals surface area contributed by atoms with Gasteiger partial charge in [-0.15, -0.1) is 6.58 Å². The van der Waals surface area contributed by atoms with Gasteiger partial charge in [0.15, 0.2) is 6.29 Å². The van der Waals surface area contributed by atoms with Crippen LogP contribution < -0.4 is 21.3 Å². The van der Waals surface area contributed by atoms with E-state index >= 15 is 0 Å². The van der Waals surface area contributed by atoms with Crippen LogP contribution in [0.25, 0.3) is 0 Å². The zero-order valence-corrected chi connectivity index (χ0v) is 62.5. The van der Waals surface area contributed by atoms with Crippen LogP contribution in [0.15, 0.2) is 43.0 Å². The predicted molar refractivity (Wildman–Crippen MR) is 374 cm³/mol. The molecular formula is C71H135N7O15. The summed E-state index contributed by atoms with van der Waals surface area (Å²) in [7, 11) is 3.14. The van der Waals surface area contributed by atoms with Gasteiger partial charge >= 0.3 is 18.2 Å². The van der Waals surface area contributed by atoms with Crippen LogP contribution in [0.4, 0.5) is 9.59 Å². The van der Waals surface area contributed by atoms with Gasteiger partial charge in [0.1, 0.15) is 19.2 Å². The highest BCUT2D eigenvalue weighted by Crippen LogP contribution is 2.32. The van der Waals surface area contributed by atoms with E-state index in [9.17, 15) is 48.6 Å². The van der Waals surface area contributed by atoms with Crippen LogP contribution in [0.3, 0.4) is 0 Å². The van der Waals surface area contributed by atoms with Crippen LogP contribution in [0, 0.1) is 40.9 Å². The molecule has 22 nitrogen and oxygen atoms in total. The first-order valence-electron chi connectivity index (χ1n) is 34.1. The summed E-state index contributed by atoms with van der Waals surface area (Å²) in [6.07, 6.45) is 4.39. The maximum Gasteiger partial charge on any atom is 0.418 e. The quantitative estimate of drug-likeness (QED) is 0.0120. The Kier molecular flexibility index (Phi) is 58.5. The number of allylic oxidation sites excluding steroid dienone is 1. The minimum Gasteiger partial charge on any atom is -0.444 e. The molecule has 2 rings (SSSR count). The molecule has 22 heteroatoms. The van der Waals surface area contributed by atoms with E-state index in [0.29, 0.717) is 44.4 Å². The number of likely N-dealkylation sites (N-methyl/N-ethyl adjacent to an activating group) is 2. The molecule has 93 heavy (non-hydrogen) atoms. The largest absolute Gasteiger partial charge is 0.444 e. The minimum atomic E-state index is -1.02. The highest BCUT2D eigenvalue weighted by molar-refractivity contribution is 5.91. The van der Waals surface area contributed by atoms with Crippen molar-refractivity contribution < 1.29 is 72.6 Å². The maximum atomic E-state index is 13.4. The molecule has 0 aliphatic carbocycles. The van der Waals surface area contributed by atoms with Gasteiger partial charge in [-0.2, -0.15) is 0 Å². The van der Waals surface area contributed by atoms with Crippen molar-refractivity contribution in [1.29, 1.82) is 0 Å². The van der Waals surface area contributed by atoms with Crippen molar-refractivity contribution in [1.82, 2.24) is 36.0 Å². The van der Waals surface area contributed by atoms with Gasteiger partial charge < -0.3 is 65.3 Å². The lowest BCUT2D eigenvalue weighted by Gasteiger charge is -2.37. The Bertz CT molecular complexity index is 2130. The van der Waals surface area contributed by atoms with E-state index in [1.165, 1.54) is 19.9 Å². The minimum absolute atomic E-state index is 0.00523. The Morgan fingerprint density at radius 3 is 1.78 bits per heavy atom. The van der Waals surface area contributed by atoms with Crippen molar-refractivity contribution in [2.75, 3.05) is 60.1 Å². The number of nitrogens with zero attached hydrogens (tertiary/aromatic N) is 3. The van der Waals surface area contributed by atoms with E-state index in [2.05, 4.69) is 76.3 Å². The van der Waals surface area contributed by atoms with Gasteiger partial charge in [-0.3, -0.25) is 28.9 Å². The fourth-order valence-corrected chi connectivity index (χ4v) is 9.51. The third kappa shape index (κ3) is 45.4. The molecule has 1 heterocycles. The lowest BCUT2D eigenvalue weighted by Crippen LogP contribution is -2.51. The molecule has 0 spiro atoms. The lowest BCUT2D eigenvalue weighted by molar-refractivity contribution is -0.213. The second-order valence-corrected chi connectivity index (χ2v) is 25.6. The number of amides is 7. The fourth-order valence-electron chi connectivity index (χ4n) is 9.51. The number of benzene rings is 1. The molecule has 1 saturated heterocycles. The molecule has 0 aromatic heterocycles. The number of likely N-dealkylation sites (tertiary alicyclic amines) is 1. The first kappa shape index (κ1) is 96.0. The van der Waals surface area contributed by atoms with Crippen molar-refractivity contribution in [3.05, 3.63) is 48.6 Å². The molecule has 544 valence electrons. The molecule has 1 aromatic carbocycles. The number of ether oxygens (including phenoxy) is 4. The number of rotatable bonds is 31. The van der Waals surface area contributed by atoms with Gasteiger partial charge in [0.2, 0.25) is 30.0 Å². The monoisotopic (exact) mass is 1330 g/mol. The molecule has 1 aliphatic rings. The van der Waals surface area contributed by atoms with Crippen LogP contribution in [-0.4, -0.2) is 181 Å². The van der Waals surface area contributed by atoms with Gasteiger partial charge in [-0.25, -0.2) is 14.4 Å². The molecule has 7 amide bonds. The van der Waals surface area contributed by atoms with Crippen LogP contribution >= 0.6 is 0 Å². The zero-order chi connectivity index (χ0) is 73.1. The van der Waals surface area contributed by atoms with E-state index in [-0.39, 0.29) is 91.2 Å². The Balaban J connectivity index is -0.000000452. The Labute approximate surface area is 563 Å². The number of aliphatic hydroxyl groups excluding tert-OH is 3. The molecule has 1 aliphatic heterocycles. The van der Waals surface area contributed by atoms with Crippen LogP contribution in [0.5, 0.6) is 0 Å². The second kappa shape index (κ2) is 56.6. The Hall–Kier alpha value is -5.68. The number of alkyl carbamates (subject to hydrolysis) is 1. The normalized spacial score (nSPS) is 15.5. The van der Waals surface area contributed by atoms with Crippen LogP contribution in [0.2, 0.25) is 0 Å². The van der Waals surface area contributed by atoms with Crippen molar-refractivity contribution >= 4 is 48.2 Å². The number of aliphatic hydroxyl groups is 3. The first-order valence-corrected chi connectivity index (χ1v) is 34.1. The molecule has 0 radical (unpaired) electrons.